The number of hydrogen-bond donors (Lipinski definition) is 5. The molecule has 12 nitrogen and oxygen atoms in total. The first kappa shape index (κ1) is 23.0. The van der Waals surface area contributed by atoms with Crippen LogP contribution in [-0.2, 0) is 28.8 Å². The van der Waals surface area contributed by atoms with Gasteiger partial charge >= 0.3 is 17.9 Å². The average molecular weight is 401 g/mol. The van der Waals surface area contributed by atoms with Crippen molar-refractivity contribution in [1.82, 2.24) is 10.2 Å². The van der Waals surface area contributed by atoms with Gasteiger partial charge in [-0.3, -0.25) is 24.0 Å². The van der Waals surface area contributed by atoms with E-state index in [2.05, 4.69) is 5.32 Å². The lowest BCUT2D eigenvalue weighted by molar-refractivity contribution is -0.149. The van der Waals surface area contributed by atoms with Crippen LogP contribution in [0.15, 0.2) is 0 Å². The second-order valence-corrected chi connectivity index (χ2v) is 6.39. The zero-order chi connectivity index (χ0) is 21.4. The Balaban J connectivity index is 2.89. The number of carboxylic acid groups (broad SMARTS) is 3. The SMILES string of the molecule is NCC(=O)N[C@@H](CCC(=O)O)C(=O)[C@H]1CC(=O)N([C@@H](CCC(=O)O)C(=O)O)C1. The van der Waals surface area contributed by atoms with Crippen molar-refractivity contribution in [3.05, 3.63) is 0 Å². The van der Waals surface area contributed by atoms with Crippen molar-refractivity contribution < 1.29 is 44.1 Å². The van der Waals surface area contributed by atoms with E-state index in [0.29, 0.717) is 0 Å². The molecule has 0 bridgehead atoms. The lowest BCUT2D eigenvalue weighted by atomic mass is 9.94. The van der Waals surface area contributed by atoms with Crippen molar-refractivity contribution in [2.75, 3.05) is 13.1 Å². The monoisotopic (exact) mass is 401 g/mol. The molecular weight excluding hydrogens is 378 g/mol. The third-order valence-electron chi connectivity index (χ3n) is 4.36. The fourth-order valence-electron chi connectivity index (χ4n) is 2.99. The van der Waals surface area contributed by atoms with Gasteiger partial charge in [0.1, 0.15) is 6.04 Å². The van der Waals surface area contributed by atoms with Gasteiger partial charge in [-0.1, -0.05) is 0 Å². The highest BCUT2D eigenvalue weighted by atomic mass is 16.4. The van der Waals surface area contributed by atoms with E-state index in [-0.39, 0.29) is 25.8 Å². The lowest BCUT2D eigenvalue weighted by Crippen LogP contribution is -2.47. The van der Waals surface area contributed by atoms with E-state index in [4.69, 9.17) is 15.9 Å². The predicted octanol–water partition coefficient (Wildman–Crippen LogP) is -1.97. The Morgan fingerprint density at radius 3 is 2.14 bits per heavy atom. The number of Topliss-reactive ketones (excluding diaryl/α,β-unsaturated/α-hetero) is 1. The molecule has 28 heavy (non-hydrogen) atoms. The normalized spacial score (nSPS) is 18.4. The summed E-state index contributed by atoms with van der Waals surface area (Å²) in [5, 5.41) is 29.1. The van der Waals surface area contributed by atoms with Crippen LogP contribution in [0.5, 0.6) is 0 Å². The Hall–Kier alpha value is -3.02. The minimum Gasteiger partial charge on any atom is -0.481 e. The third kappa shape index (κ3) is 6.61. The highest BCUT2D eigenvalue weighted by Gasteiger charge is 2.42. The predicted molar refractivity (Wildman–Crippen MR) is 91.0 cm³/mol. The van der Waals surface area contributed by atoms with E-state index >= 15 is 0 Å². The van der Waals surface area contributed by atoms with Gasteiger partial charge in [-0.15, -0.1) is 0 Å². The molecule has 1 heterocycles. The topological polar surface area (TPSA) is 204 Å². The quantitative estimate of drug-likeness (QED) is 0.244. The number of amides is 2. The fraction of sp³-hybridized carbons (Fsp3) is 0.625. The van der Waals surface area contributed by atoms with Crippen molar-refractivity contribution in [2.24, 2.45) is 11.7 Å². The number of carbonyl (C=O) groups excluding carboxylic acids is 3. The Labute approximate surface area is 159 Å². The number of nitrogens with one attached hydrogen (secondary N) is 1. The molecule has 1 aliphatic heterocycles. The van der Waals surface area contributed by atoms with Gasteiger partial charge in [0.05, 0.1) is 12.6 Å². The molecule has 0 saturated carbocycles. The zero-order valence-corrected chi connectivity index (χ0v) is 15.0. The second-order valence-electron chi connectivity index (χ2n) is 6.39. The smallest absolute Gasteiger partial charge is 0.326 e. The van der Waals surface area contributed by atoms with Gasteiger partial charge in [0, 0.05) is 31.7 Å². The van der Waals surface area contributed by atoms with Crippen LogP contribution >= 0.6 is 0 Å². The minimum atomic E-state index is -1.39. The average Bonchev–Trinajstić information content (AvgIpc) is 2.98. The van der Waals surface area contributed by atoms with E-state index in [9.17, 15) is 33.9 Å². The standard InChI is InChI=1S/C16H23N3O9/c17-6-11(20)18-9(1-3-13(22)23)15(26)8-5-12(21)19(7-8)10(16(27)28)2-4-14(24)25/h8-10H,1-7,17H2,(H,18,20)(H,22,23)(H,24,25)(H,27,28)/t8-,9-,10-/m0/s1. The summed E-state index contributed by atoms with van der Waals surface area (Å²) in [5.74, 6) is -6.63. The van der Waals surface area contributed by atoms with Crippen molar-refractivity contribution in [3.63, 3.8) is 0 Å². The first-order chi connectivity index (χ1) is 13.1. The molecule has 12 heteroatoms. The minimum absolute atomic E-state index is 0.202. The molecule has 0 spiro atoms. The molecule has 3 atom stereocenters. The molecule has 0 radical (unpaired) electrons. The molecule has 1 rings (SSSR count). The van der Waals surface area contributed by atoms with Crippen LogP contribution in [0.1, 0.15) is 32.1 Å². The van der Waals surface area contributed by atoms with Crippen LogP contribution in [0.2, 0.25) is 0 Å². The van der Waals surface area contributed by atoms with Crippen LogP contribution in [0.4, 0.5) is 0 Å². The third-order valence-corrected chi connectivity index (χ3v) is 4.36. The number of ketones is 1. The number of carbonyl (C=O) groups is 6. The highest BCUT2D eigenvalue weighted by Crippen LogP contribution is 2.25. The maximum Gasteiger partial charge on any atom is 0.326 e. The molecule has 0 aromatic carbocycles. The largest absolute Gasteiger partial charge is 0.481 e. The number of rotatable bonds is 12. The Bertz CT molecular complexity index is 664. The zero-order valence-electron chi connectivity index (χ0n) is 15.0. The highest BCUT2D eigenvalue weighted by molar-refractivity contribution is 5.97. The van der Waals surface area contributed by atoms with Gasteiger partial charge in [-0.2, -0.15) is 0 Å². The number of hydrogen-bond acceptors (Lipinski definition) is 7. The van der Waals surface area contributed by atoms with Crippen LogP contribution < -0.4 is 11.1 Å². The molecule has 0 aromatic heterocycles. The number of nitrogens with zero attached hydrogens (tertiary/aromatic N) is 1. The van der Waals surface area contributed by atoms with Gasteiger partial charge in [-0.25, -0.2) is 4.79 Å². The molecule has 0 unspecified atom stereocenters. The van der Waals surface area contributed by atoms with Crippen LogP contribution in [0.25, 0.3) is 0 Å². The van der Waals surface area contributed by atoms with Gasteiger partial charge < -0.3 is 31.3 Å². The molecule has 1 saturated heterocycles. The molecule has 1 fully saturated rings. The Morgan fingerprint density at radius 1 is 1.07 bits per heavy atom. The summed E-state index contributed by atoms with van der Waals surface area (Å²) >= 11 is 0. The maximum atomic E-state index is 12.7. The first-order valence-corrected chi connectivity index (χ1v) is 8.55. The van der Waals surface area contributed by atoms with Crippen molar-refractivity contribution >= 4 is 35.5 Å². The van der Waals surface area contributed by atoms with Gasteiger partial charge in [0.2, 0.25) is 11.8 Å². The first-order valence-electron chi connectivity index (χ1n) is 8.55. The van der Waals surface area contributed by atoms with Crippen LogP contribution in [0, 0.1) is 5.92 Å². The molecule has 2 amide bonds. The number of nitrogens with two attached hydrogens (primary N) is 1. The van der Waals surface area contributed by atoms with E-state index in [0.717, 1.165) is 4.90 Å². The molecule has 6 N–H and O–H groups in total. The van der Waals surface area contributed by atoms with Gasteiger partial charge in [0.15, 0.2) is 5.78 Å². The van der Waals surface area contributed by atoms with Gasteiger partial charge in [-0.05, 0) is 12.8 Å². The number of carboxylic acids is 3. The van der Waals surface area contributed by atoms with E-state index in [1.807, 2.05) is 0 Å². The maximum absolute atomic E-state index is 12.7. The number of aliphatic carboxylic acids is 3. The second kappa shape index (κ2) is 10.3. The Morgan fingerprint density at radius 2 is 1.64 bits per heavy atom. The van der Waals surface area contributed by atoms with Crippen LogP contribution in [0.3, 0.4) is 0 Å². The fourth-order valence-corrected chi connectivity index (χ4v) is 2.99. The van der Waals surface area contributed by atoms with E-state index in [1.165, 1.54) is 0 Å². The van der Waals surface area contributed by atoms with Crippen LogP contribution in [-0.4, -0.2) is 80.9 Å². The summed E-state index contributed by atoms with van der Waals surface area (Å²) in [4.78, 5) is 70.2. The Kier molecular flexibility index (Phi) is 8.51. The molecular formula is C16H23N3O9. The molecule has 156 valence electrons. The summed E-state index contributed by atoms with van der Waals surface area (Å²) in [6.45, 7) is -0.667. The van der Waals surface area contributed by atoms with E-state index < -0.39 is 72.9 Å². The van der Waals surface area contributed by atoms with Crippen molar-refractivity contribution in [3.8, 4) is 0 Å². The summed E-state index contributed by atoms with van der Waals surface area (Å²) in [6, 6.07) is -2.57. The van der Waals surface area contributed by atoms with Gasteiger partial charge in [0.25, 0.3) is 0 Å². The summed E-state index contributed by atoms with van der Waals surface area (Å²) in [6.07, 6.45) is -1.69. The molecule has 1 aliphatic rings. The molecule has 0 aliphatic carbocycles. The van der Waals surface area contributed by atoms with Crippen molar-refractivity contribution in [1.29, 1.82) is 0 Å². The molecule has 0 aromatic rings. The van der Waals surface area contributed by atoms with E-state index in [1.54, 1.807) is 0 Å². The summed E-state index contributed by atoms with van der Waals surface area (Å²) in [5.41, 5.74) is 5.19. The summed E-state index contributed by atoms with van der Waals surface area (Å²) in [7, 11) is 0. The lowest BCUT2D eigenvalue weighted by Gasteiger charge is -2.25. The summed E-state index contributed by atoms with van der Waals surface area (Å²) < 4.78 is 0. The number of likely N-dealkylation sites (tertiary alicyclic amines) is 1. The van der Waals surface area contributed by atoms with Crippen molar-refractivity contribution in [2.45, 2.75) is 44.2 Å².